The van der Waals surface area contributed by atoms with Crippen molar-refractivity contribution in [3.05, 3.63) is 11.1 Å². The average Bonchev–Trinajstić information content (AvgIpc) is 3.07. The van der Waals surface area contributed by atoms with E-state index in [1.165, 1.54) is 13.8 Å². The molecule has 9 nitrogen and oxygen atoms in total. The van der Waals surface area contributed by atoms with Crippen molar-refractivity contribution < 1.29 is 43.4 Å². The summed E-state index contributed by atoms with van der Waals surface area (Å²) in [6.07, 6.45) is -0.948. The van der Waals surface area contributed by atoms with E-state index in [4.69, 9.17) is 4.74 Å². The SMILES string of the molecule is CC(=O)O[C@@H]1C(=O)C2=C(C(=O)C[C@@H]3C(C)(C)C(=O)CC[C@]23C)[C@]2(C)C(=O)C[C@H]([C@H](C)CC(=O)C[C@H](C)C(=O)O)[C@@]12C. The number of esters is 1. The van der Waals surface area contributed by atoms with Gasteiger partial charge in [-0.2, -0.15) is 0 Å². The van der Waals surface area contributed by atoms with Crippen LogP contribution in [0.4, 0.5) is 0 Å². The Balaban J connectivity index is 1.89. The molecule has 4 rings (SSSR count). The first kappa shape index (κ1) is 31.0. The number of fused-ring (bicyclic) bond motifs is 4. The van der Waals surface area contributed by atoms with Gasteiger partial charge in [0.15, 0.2) is 11.9 Å². The third-order valence-corrected chi connectivity index (χ3v) is 11.5. The quantitative estimate of drug-likeness (QED) is 0.447. The van der Waals surface area contributed by atoms with Gasteiger partial charge < -0.3 is 9.84 Å². The highest BCUT2D eigenvalue weighted by Crippen LogP contribution is 2.70. The summed E-state index contributed by atoms with van der Waals surface area (Å²) in [4.78, 5) is 92.3. The van der Waals surface area contributed by atoms with Gasteiger partial charge in [-0.1, -0.05) is 41.5 Å². The van der Waals surface area contributed by atoms with E-state index in [-0.39, 0.29) is 66.4 Å². The molecule has 0 saturated heterocycles. The van der Waals surface area contributed by atoms with Gasteiger partial charge in [-0.05, 0) is 31.1 Å². The van der Waals surface area contributed by atoms with Gasteiger partial charge in [0, 0.05) is 66.4 Å². The maximum Gasteiger partial charge on any atom is 0.306 e. The zero-order valence-corrected chi connectivity index (χ0v) is 25.3. The summed E-state index contributed by atoms with van der Waals surface area (Å²) in [5.41, 5.74) is -4.09. The van der Waals surface area contributed by atoms with E-state index in [0.717, 1.165) is 0 Å². The van der Waals surface area contributed by atoms with Crippen LogP contribution in [0.3, 0.4) is 0 Å². The van der Waals surface area contributed by atoms with Crippen LogP contribution >= 0.6 is 0 Å². The Morgan fingerprint density at radius 2 is 1.54 bits per heavy atom. The number of carbonyl (C=O) groups excluding carboxylic acids is 6. The van der Waals surface area contributed by atoms with E-state index in [1.807, 2.05) is 6.92 Å². The van der Waals surface area contributed by atoms with Crippen molar-refractivity contribution in [3.63, 3.8) is 0 Å². The lowest BCUT2D eigenvalue weighted by Crippen LogP contribution is -2.64. The zero-order valence-electron chi connectivity index (χ0n) is 25.3. The molecule has 2 saturated carbocycles. The standard InChI is InChI=1S/C32H42O9/c1-15(11-18(34)12-16(2)28(39)40)19-13-23(37)32(8)24-20(35)14-21-29(4,5)22(36)9-10-30(21,6)25(24)26(38)27(31(19,32)7)41-17(3)33/h15-16,19,21,27H,9-14H2,1-8H3,(H,39,40)/t15-,16+,19-,21-,27-,30+,31+,32+/m1/s1. The smallest absolute Gasteiger partial charge is 0.306 e. The summed E-state index contributed by atoms with van der Waals surface area (Å²) in [7, 11) is 0. The van der Waals surface area contributed by atoms with Crippen LogP contribution in [0.15, 0.2) is 11.1 Å². The summed E-state index contributed by atoms with van der Waals surface area (Å²) in [6, 6.07) is 0. The molecule has 2 fully saturated rings. The maximum atomic E-state index is 14.6. The molecule has 0 amide bonds. The van der Waals surface area contributed by atoms with E-state index >= 15 is 0 Å². The Bertz CT molecular complexity index is 1300. The van der Waals surface area contributed by atoms with Crippen LogP contribution in [0.25, 0.3) is 0 Å². The van der Waals surface area contributed by atoms with E-state index in [0.29, 0.717) is 6.42 Å². The molecule has 0 aromatic heterocycles. The van der Waals surface area contributed by atoms with Crippen molar-refractivity contribution in [1.82, 2.24) is 0 Å². The fraction of sp³-hybridized carbons (Fsp3) is 0.719. The molecule has 8 atom stereocenters. The number of rotatable bonds is 7. The number of carboxylic acid groups (broad SMARTS) is 1. The van der Waals surface area contributed by atoms with Crippen LogP contribution in [0.1, 0.15) is 93.9 Å². The van der Waals surface area contributed by atoms with Crippen LogP contribution in [0, 0.1) is 45.3 Å². The number of hydrogen-bond acceptors (Lipinski definition) is 8. The van der Waals surface area contributed by atoms with Gasteiger partial charge in [0.2, 0.25) is 5.78 Å². The van der Waals surface area contributed by atoms with Gasteiger partial charge in [0.05, 0.1) is 11.3 Å². The molecule has 4 aliphatic rings. The molecular formula is C32H42O9. The van der Waals surface area contributed by atoms with Crippen molar-refractivity contribution in [3.8, 4) is 0 Å². The first-order valence-electron chi connectivity index (χ1n) is 14.6. The maximum absolute atomic E-state index is 14.6. The lowest BCUT2D eigenvalue weighted by Gasteiger charge is -2.59. The highest BCUT2D eigenvalue weighted by atomic mass is 16.5. The predicted molar refractivity (Wildman–Crippen MR) is 146 cm³/mol. The Labute approximate surface area is 240 Å². The second-order valence-corrected chi connectivity index (χ2v) is 14.2. The largest absolute Gasteiger partial charge is 0.481 e. The first-order valence-corrected chi connectivity index (χ1v) is 14.6. The van der Waals surface area contributed by atoms with Crippen LogP contribution in [0.2, 0.25) is 0 Å². The van der Waals surface area contributed by atoms with E-state index < -0.39 is 69.2 Å². The van der Waals surface area contributed by atoms with Crippen LogP contribution in [0.5, 0.6) is 0 Å². The Hall–Kier alpha value is -2.97. The summed E-state index contributed by atoms with van der Waals surface area (Å²) >= 11 is 0. The minimum Gasteiger partial charge on any atom is -0.481 e. The molecular weight excluding hydrogens is 528 g/mol. The Kier molecular flexibility index (Phi) is 7.41. The summed E-state index contributed by atoms with van der Waals surface area (Å²) in [6.45, 7) is 13.3. The molecule has 9 heteroatoms. The minimum absolute atomic E-state index is 0.0157. The number of carbonyl (C=O) groups is 7. The molecule has 0 bridgehead atoms. The molecule has 1 N–H and O–H groups in total. The normalized spacial score (nSPS) is 37.6. The summed E-state index contributed by atoms with van der Waals surface area (Å²) < 4.78 is 5.78. The lowest BCUT2D eigenvalue weighted by molar-refractivity contribution is -0.175. The third kappa shape index (κ3) is 4.20. The van der Waals surface area contributed by atoms with Gasteiger partial charge in [-0.25, -0.2) is 0 Å². The second kappa shape index (κ2) is 9.80. The molecule has 224 valence electrons. The number of Topliss-reactive ketones (excluding diaryl/α,β-unsaturated/α-hetero) is 5. The predicted octanol–water partition coefficient (Wildman–Crippen LogP) is 4.09. The fourth-order valence-electron chi connectivity index (χ4n) is 8.99. The molecule has 0 aromatic carbocycles. The first-order chi connectivity index (χ1) is 18.8. The number of allylic oxidation sites excluding steroid dienone is 1. The van der Waals surface area contributed by atoms with Crippen molar-refractivity contribution in [2.75, 3.05) is 0 Å². The molecule has 0 radical (unpaired) electrons. The lowest BCUT2D eigenvalue weighted by atomic mass is 9.42. The molecule has 0 spiro atoms. The topological polar surface area (TPSA) is 149 Å². The number of aliphatic carboxylic acids is 1. The average molecular weight is 571 g/mol. The van der Waals surface area contributed by atoms with Crippen LogP contribution in [-0.2, 0) is 38.3 Å². The van der Waals surface area contributed by atoms with E-state index in [9.17, 15) is 38.7 Å². The third-order valence-electron chi connectivity index (χ3n) is 11.5. The number of ketones is 5. The molecule has 0 aliphatic heterocycles. The number of carboxylic acids is 1. The van der Waals surface area contributed by atoms with Crippen molar-refractivity contribution in [2.24, 2.45) is 45.3 Å². The van der Waals surface area contributed by atoms with Crippen molar-refractivity contribution in [2.45, 2.75) is 100 Å². The number of ether oxygens (including phenoxy) is 1. The highest BCUT2D eigenvalue weighted by molar-refractivity contribution is 6.18. The van der Waals surface area contributed by atoms with Gasteiger partial charge in [0.1, 0.15) is 17.3 Å². The van der Waals surface area contributed by atoms with Crippen LogP contribution < -0.4 is 0 Å². The van der Waals surface area contributed by atoms with Crippen molar-refractivity contribution in [1.29, 1.82) is 0 Å². The minimum atomic E-state index is -1.46. The summed E-state index contributed by atoms with van der Waals surface area (Å²) in [5, 5.41) is 9.23. The summed E-state index contributed by atoms with van der Waals surface area (Å²) in [5.74, 6) is -5.46. The fourth-order valence-corrected chi connectivity index (χ4v) is 8.99. The van der Waals surface area contributed by atoms with Gasteiger partial charge in [-0.15, -0.1) is 0 Å². The Morgan fingerprint density at radius 1 is 0.927 bits per heavy atom. The molecule has 4 aliphatic carbocycles. The number of hydrogen-bond donors (Lipinski definition) is 1. The van der Waals surface area contributed by atoms with Crippen LogP contribution in [-0.4, -0.2) is 52.1 Å². The molecule has 0 heterocycles. The Morgan fingerprint density at radius 3 is 2.10 bits per heavy atom. The van der Waals surface area contributed by atoms with E-state index in [1.54, 1.807) is 34.6 Å². The van der Waals surface area contributed by atoms with Gasteiger partial charge in [0.25, 0.3) is 0 Å². The zero-order chi connectivity index (χ0) is 31.0. The monoisotopic (exact) mass is 570 g/mol. The van der Waals surface area contributed by atoms with E-state index in [2.05, 4.69) is 0 Å². The van der Waals surface area contributed by atoms with Gasteiger partial charge in [-0.3, -0.25) is 33.6 Å². The molecule has 0 unspecified atom stereocenters. The van der Waals surface area contributed by atoms with Gasteiger partial charge >= 0.3 is 11.9 Å². The van der Waals surface area contributed by atoms with Crippen molar-refractivity contribution >= 4 is 40.9 Å². The second-order valence-electron chi connectivity index (χ2n) is 14.2. The molecule has 0 aromatic rings. The highest BCUT2D eigenvalue weighted by Gasteiger charge is 2.74. The molecule has 41 heavy (non-hydrogen) atoms.